The van der Waals surface area contributed by atoms with Crippen LogP contribution in [0.25, 0.3) is 0 Å². The van der Waals surface area contributed by atoms with Crippen molar-refractivity contribution >= 4 is 23.5 Å². The molecule has 0 unspecified atom stereocenters. The third-order valence-electron chi connectivity index (χ3n) is 5.39. The number of rotatable bonds is 5. The number of carboxylic acid groups (broad SMARTS) is 1. The number of fused-ring (bicyclic) bond motifs is 1. The molecule has 4 rings (SSSR count). The molecule has 0 aromatic heterocycles. The number of hydrogen-bond donors (Lipinski definition) is 2. The summed E-state index contributed by atoms with van der Waals surface area (Å²) in [5, 5.41) is 20.3. The van der Waals surface area contributed by atoms with Gasteiger partial charge in [0.2, 0.25) is 11.8 Å². The molecule has 3 heterocycles. The number of carbonyl (C=O) groups excluding carboxylic acids is 2. The number of β-lactam (4-membered cyclic amide) rings is 1. The van der Waals surface area contributed by atoms with Crippen LogP contribution in [-0.2, 0) is 25.7 Å². The summed E-state index contributed by atoms with van der Waals surface area (Å²) in [6, 6.07) is 4.60. The predicted molar refractivity (Wildman–Crippen MR) is 100 cm³/mol. The van der Waals surface area contributed by atoms with Crippen LogP contribution in [0.15, 0.2) is 47.4 Å². The second-order valence-electron chi connectivity index (χ2n) is 7.20. The van der Waals surface area contributed by atoms with Crippen LogP contribution in [0, 0.1) is 10.1 Å². The SMILES string of the molecule is N[C@@H]1C(=O)N2C(C(=O)O)=C(C=C3CCN(Cc4ccc([N+](=O)[O-])cc4)C3=O)OC[C@H]12. The highest BCUT2D eigenvalue weighted by Crippen LogP contribution is 2.33. The van der Waals surface area contributed by atoms with Crippen molar-refractivity contribution in [3.63, 3.8) is 0 Å². The highest BCUT2D eigenvalue weighted by molar-refractivity contribution is 6.01. The van der Waals surface area contributed by atoms with E-state index in [0.717, 1.165) is 10.5 Å². The lowest BCUT2D eigenvalue weighted by Gasteiger charge is -2.47. The minimum atomic E-state index is -1.33. The molecule has 2 amide bonds. The molecule has 0 radical (unpaired) electrons. The fourth-order valence-corrected chi connectivity index (χ4v) is 3.76. The second kappa shape index (κ2) is 7.26. The zero-order chi connectivity index (χ0) is 21.6. The normalized spacial score (nSPS) is 24.6. The molecule has 2 atom stereocenters. The van der Waals surface area contributed by atoms with Gasteiger partial charge in [0.05, 0.1) is 11.0 Å². The fraction of sp³-hybridized carbons (Fsp3) is 0.316. The average Bonchev–Trinajstić information content (AvgIpc) is 3.06. The minimum Gasteiger partial charge on any atom is -0.489 e. The molecule has 30 heavy (non-hydrogen) atoms. The van der Waals surface area contributed by atoms with E-state index in [1.807, 2.05) is 0 Å². The van der Waals surface area contributed by atoms with Gasteiger partial charge in [-0.2, -0.15) is 0 Å². The number of carbonyl (C=O) groups is 3. The van der Waals surface area contributed by atoms with Gasteiger partial charge in [0.15, 0.2) is 11.5 Å². The summed E-state index contributed by atoms with van der Waals surface area (Å²) in [5.41, 5.74) is 6.44. The number of nitro groups is 1. The van der Waals surface area contributed by atoms with E-state index in [4.69, 9.17) is 10.5 Å². The Hall–Kier alpha value is -3.73. The lowest BCUT2D eigenvalue weighted by atomic mass is 9.93. The van der Waals surface area contributed by atoms with E-state index < -0.39 is 28.9 Å². The first-order valence-corrected chi connectivity index (χ1v) is 9.20. The van der Waals surface area contributed by atoms with Gasteiger partial charge < -0.3 is 20.5 Å². The second-order valence-corrected chi connectivity index (χ2v) is 7.20. The van der Waals surface area contributed by atoms with Crippen molar-refractivity contribution in [2.45, 2.75) is 25.0 Å². The third-order valence-corrected chi connectivity index (χ3v) is 5.39. The molecule has 11 heteroatoms. The molecule has 2 saturated heterocycles. The Morgan fingerprint density at radius 3 is 2.67 bits per heavy atom. The lowest BCUT2D eigenvalue weighted by molar-refractivity contribution is -0.384. The van der Waals surface area contributed by atoms with Crippen LogP contribution in [0.5, 0.6) is 0 Å². The van der Waals surface area contributed by atoms with Gasteiger partial charge in [-0.15, -0.1) is 0 Å². The summed E-state index contributed by atoms with van der Waals surface area (Å²) in [6.45, 7) is 0.735. The van der Waals surface area contributed by atoms with Crippen molar-refractivity contribution < 1.29 is 29.2 Å². The van der Waals surface area contributed by atoms with Crippen LogP contribution in [0.4, 0.5) is 5.69 Å². The van der Waals surface area contributed by atoms with Gasteiger partial charge in [-0.3, -0.25) is 24.6 Å². The first kappa shape index (κ1) is 19.6. The Balaban J connectivity index is 1.53. The number of nitrogens with zero attached hydrogens (tertiary/aromatic N) is 3. The molecule has 11 nitrogen and oxygen atoms in total. The first-order valence-electron chi connectivity index (χ1n) is 9.20. The summed E-state index contributed by atoms with van der Waals surface area (Å²) in [7, 11) is 0. The van der Waals surface area contributed by atoms with Crippen LogP contribution in [0.3, 0.4) is 0 Å². The maximum Gasteiger partial charge on any atom is 0.356 e. The minimum absolute atomic E-state index is 0.0340. The van der Waals surface area contributed by atoms with Crippen molar-refractivity contribution in [2.24, 2.45) is 5.73 Å². The topological polar surface area (TPSA) is 156 Å². The summed E-state index contributed by atoms with van der Waals surface area (Å²) >= 11 is 0. The predicted octanol–water partition coefficient (Wildman–Crippen LogP) is 0.118. The van der Waals surface area contributed by atoms with E-state index >= 15 is 0 Å². The summed E-state index contributed by atoms with van der Waals surface area (Å²) in [6.07, 6.45) is 1.75. The number of ether oxygens (including phenoxy) is 1. The van der Waals surface area contributed by atoms with Crippen LogP contribution in [0.2, 0.25) is 0 Å². The number of likely N-dealkylation sites (tertiary alicyclic amines) is 1. The molecule has 2 fully saturated rings. The molecular weight excluding hydrogens is 396 g/mol. The number of aliphatic carboxylic acids is 1. The number of nitrogens with two attached hydrogens (primary N) is 1. The van der Waals surface area contributed by atoms with Crippen LogP contribution < -0.4 is 5.73 Å². The zero-order valence-electron chi connectivity index (χ0n) is 15.7. The maximum atomic E-state index is 12.7. The quantitative estimate of drug-likeness (QED) is 0.298. The monoisotopic (exact) mass is 414 g/mol. The molecular formula is C19H18N4O7. The first-order chi connectivity index (χ1) is 14.3. The molecule has 1 aromatic carbocycles. The Morgan fingerprint density at radius 1 is 1.33 bits per heavy atom. The number of carboxylic acids is 1. The van der Waals surface area contributed by atoms with Gasteiger partial charge in [0, 0.05) is 30.8 Å². The number of non-ortho nitro benzene ring substituents is 1. The molecule has 0 spiro atoms. The van der Waals surface area contributed by atoms with E-state index in [2.05, 4.69) is 0 Å². The van der Waals surface area contributed by atoms with Crippen molar-refractivity contribution in [3.8, 4) is 0 Å². The van der Waals surface area contributed by atoms with Gasteiger partial charge in [-0.1, -0.05) is 12.1 Å². The van der Waals surface area contributed by atoms with Gasteiger partial charge >= 0.3 is 5.97 Å². The van der Waals surface area contributed by atoms with Crippen LogP contribution >= 0.6 is 0 Å². The largest absolute Gasteiger partial charge is 0.489 e. The Morgan fingerprint density at radius 2 is 2.03 bits per heavy atom. The highest BCUT2D eigenvalue weighted by Gasteiger charge is 2.52. The van der Waals surface area contributed by atoms with Crippen molar-refractivity contribution in [2.75, 3.05) is 13.2 Å². The van der Waals surface area contributed by atoms with Gasteiger partial charge in [-0.25, -0.2) is 4.79 Å². The van der Waals surface area contributed by atoms with Gasteiger partial charge in [0.25, 0.3) is 5.69 Å². The molecule has 3 aliphatic heterocycles. The molecule has 3 N–H and O–H groups in total. The van der Waals surface area contributed by atoms with E-state index in [1.54, 1.807) is 17.0 Å². The van der Waals surface area contributed by atoms with E-state index in [0.29, 0.717) is 18.5 Å². The van der Waals surface area contributed by atoms with E-state index in [1.165, 1.54) is 18.2 Å². The molecule has 0 aliphatic carbocycles. The Kier molecular flexibility index (Phi) is 4.74. The zero-order valence-corrected chi connectivity index (χ0v) is 15.7. The number of benzene rings is 1. The van der Waals surface area contributed by atoms with E-state index in [9.17, 15) is 29.6 Å². The number of nitro benzene ring substituents is 1. The summed E-state index contributed by atoms with van der Waals surface area (Å²) in [5.74, 6) is -2.16. The third kappa shape index (κ3) is 3.18. The van der Waals surface area contributed by atoms with Crippen molar-refractivity contribution in [1.29, 1.82) is 0 Å². The average molecular weight is 414 g/mol. The lowest BCUT2D eigenvalue weighted by Crippen LogP contribution is -2.71. The molecule has 0 saturated carbocycles. The standard InChI is InChI=1S/C19H18N4O7/c20-15-13-9-30-14(16(19(26)27)22(13)18(15)25)7-11-5-6-21(17(11)24)8-10-1-3-12(4-2-10)23(28)29/h1-4,7,13,15H,5-6,8-9,20H2,(H,26,27)/t13-,15+/m1/s1. The smallest absolute Gasteiger partial charge is 0.356 e. The Bertz CT molecular complexity index is 1010. The van der Waals surface area contributed by atoms with Gasteiger partial charge in [-0.05, 0) is 18.1 Å². The Labute approximate surface area is 170 Å². The fourth-order valence-electron chi connectivity index (χ4n) is 3.76. The number of hydrogen-bond acceptors (Lipinski definition) is 7. The summed E-state index contributed by atoms with van der Waals surface area (Å²) in [4.78, 5) is 49.3. The van der Waals surface area contributed by atoms with Gasteiger partial charge in [0.1, 0.15) is 12.6 Å². The number of amides is 2. The molecule has 0 bridgehead atoms. The van der Waals surface area contributed by atoms with Crippen LogP contribution in [-0.4, -0.2) is 62.8 Å². The highest BCUT2D eigenvalue weighted by atomic mass is 16.6. The summed E-state index contributed by atoms with van der Waals surface area (Å²) < 4.78 is 5.52. The molecule has 156 valence electrons. The van der Waals surface area contributed by atoms with Crippen LogP contribution in [0.1, 0.15) is 12.0 Å². The molecule has 1 aromatic rings. The van der Waals surface area contributed by atoms with Crippen molar-refractivity contribution in [1.82, 2.24) is 9.80 Å². The van der Waals surface area contributed by atoms with Crippen molar-refractivity contribution in [3.05, 3.63) is 63.0 Å². The van der Waals surface area contributed by atoms with E-state index in [-0.39, 0.29) is 36.2 Å². The molecule has 3 aliphatic rings. The number of allylic oxidation sites excluding steroid dienone is 1. The maximum absolute atomic E-state index is 12.7.